The smallest absolute Gasteiger partial charge is 0.270 e. The molecule has 111 heavy (non-hydrogen) atoms. The van der Waals surface area contributed by atoms with Gasteiger partial charge in [-0.15, -0.1) is 0 Å². The molecule has 520 valence electrons. The van der Waals surface area contributed by atoms with E-state index >= 15 is 0 Å². The predicted molar refractivity (Wildman–Crippen MR) is 445 cm³/mol. The molecule has 7 aliphatic rings. The second-order valence-corrected chi connectivity index (χ2v) is 29.8. The zero-order valence-corrected chi connectivity index (χ0v) is 60.0. The van der Waals surface area contributed by atoms with Crippen molar-refractivity contribution in [3.8, 4) is 103 Å². The van der Waals surface area contributed by atoms with Crippen LogP contribution in [0.25, 0.3) is 77.2 Å². The highest BCUT2D eigenvalue weighted by Crippen LogP contribution is 2.58. The third-order valence-corrected chi connectivity index (χ3v) is 23.5. The summed E-state index contributed by atoms with van der Waals surface area (Å²) in [5.41, 5.74) is 24.4. The molecule has 25 rings (SSSR count). The van der Waals surface area contributed by atoms with Crippen LogP contribution in [0.1, 0.15) is 25.0 Å². The molecule has 0 unspecified atom stereocenters. The summed E-state index contributed by atoms with van der Waals surface area (Å²) in [6, 6.07) is 110. The summed E-state index contributed by atoms with van der Waals surface area (Å²) in [6.45, 7) is 4.64. The van der Waals surface area contributed by atoms with Gasteiger partial charge in [-0.3, -0.25) is 4.90 Å². The van der Waals surface area contributed by atoms with Gasteiger partial charge in [-0.1, -0.05) is 184 Å². The molecule has 0 saturated heterocycles. The number of ether oxygens (including phenoxy) is 6. The minimum Gasteiger partial charge on any atom is -0.458 e. The Labute approximate surface area is 638 Å². The van der Waals surface area contributed by atoms with Gasteiger partial charge in [0, 0.05) is 83.3 Å². The van der Waals surface area contributed by atoms with Gasteiger partial charge in [-0.05, 0) is 184 Å². The summed E-state index contributed by atoms with van der Waals surface area (Å²) in [7, 11) is 0. The van der Waals surface area contributed by atoms with E-state index in [0.29, 0.717) is 5.88 Å². The largest absolute Gasteiger partial charge is 0.458 e. The highest BCUT2D eigenvalue weighted by atomic mass is 16.5. The summed E-state index contributed by atoms with van der Waals surface area (Å²) in [5.74, 6) is 10.5. The van der Waals surface area contributed by atoms with Gasteiger partial charge >= 0.3 is 0 Å². The Kier molecular flexibility index (Phi) is 12.9. The molecule has 0 amide bonds. The maximum atomic E-state index is 6.72. The molecule has 0 saturated carbocycles. The van der Waals surface area contributed by atoms with Crippen LogP contribution in [0, 0.1) is 0 Å². The SMILES string of the molecule is CC1(C)c2cccnc2N(c2cccc(-c3cc4c5c(c3)Oc3cccc6c3B5c3c(cccc3O4)O6)c2)c2c1ccc1c2c2ccccc2n1-c1ccccc1.c1ccc(-n2c3ccccc3c3c4c(ncc32)Oc2ccccc2N4c2cccc(-c3cc4c5c(c3)Oc3ccccc3B5c3ccccc3O4)c2)cc1. The lowest BCUT2D eigenvalue weighted by Gasteiger charge is -2.41. The van der Waals surface area contributed by atoms with E-state index in [9.17, 15) is 0 Å². The van der Waals surface area contributed by atoms with Crippen molar-refractivity contribution in [3.05, 3.63) is 339 Å². The number of hydrogen-bond acceptors (Lipinski definition) is 10. The average Bonchev–Trinajstić information content (AvgIpc) is 1.50. The number of para-hydroxylation sites is 8. The second kappa shape index (κ2) is 23.3. The summed E-state index contributed by atoms with van der Waals surface area (Å²) < 4.78 is 44.4. The minimum absolute atomic E-state index is 0.0274. The van der Waals surface area contributed by atoms with Crippen molar-refractivity contribution in [2.24, 2.45) is 0 Å². The van der Waals surface area contributed by atoms with Gasteiger partial charge in [-0.25, -0.2) is 9.97 Å². The molecule has 0 N–H and O–H groups in total. The maximum absolute atomic E-state index is 6.72. The normalized spacial score (nSPS) is 13.9. The first-order valence-electron chi connectivity index (χ1n) is 37.6. The number of pyridine rings is 2. The average molecular weight is 1430 g/mol. The minimum atomic E-state index is -0.302. The second-order valence-electron chi connectivity index (χ2n) is 29.8. The van der Waals surface area contributed by atoms with Crippen molar-refractivity contribution in [3.63, 3.8) is 0 Å². The number of nitrogens with zero attached hydrogens (tertiary/aromatic N) is 6. The number of fused-ring (bicyclic) bond motifs is 16. The van der Waals surface area contributed by atoms with E-state index in [1.54, 1.807) is 0 Å². The third kappa shape index (κ3) is 8.95. The molecule has 18 aromatic rings. The van der Waals surface area contributed by atoms with E-state index < -0.39 is 0 Å². The fraction of sp³-hybridized carbons (Fsp3) is 0.0309. The van der Waals surface area contributed by atoms with E-state index in [4.69, 9.17) is 38.4 Å². The summed E-state index contributed by atoms with van der Waals surface area (Å²) in [6.07, 6.45) is 3.85. The lowest BCUT2D eigenvalue weighted by molar-refractivity contribution is 0.443. The Morgan fingerprint density at radius 2 is 0.748 bits per heavy atom. The zero-order chi connectivity index (χ0) is 72.9. The molecule has 14 aromatic carbocycles. The molecule has 11 heterocycles. The molecular formula is C97H60B2N6O6. The van der Waals surface area contributed by atoms with Crippen LogP contribution in [0.15, 0.2) is 328 Å². The first kappa shape index (κ1) is 61.6. The van der Waals surface area contributed by atoms with Gasteiger partial charge in [0.25, 0.3) is 13.4 Å². The fourth-order valence-electron chi connectivity index (χ4n) is 18.7. The summed E-state index contributed by atoms with van der Waals surface area (Å²) in [5, 5.41) is 4.60. The molecule has 0 aliphatic carbocycles. The Morgan fingerprint density at radius 1 is 0.297 bits per heavy atom. The van der Waals surface area contributed by atoms with E-state index in [1.807, 2.05) is 79.1 Å². The molecule has 12 nitrogen and oxygen atoms in total. The first-order valence-corrected chi connectivity index (χ1v) is 37.6. The number of aromatic nitrogens is 4. The predicted octanol–water partition coefficient (Wildman–Crippen LogP) is 20.9. The topological polar surface area (TPSA) is 97.5 Å². The van der Waals surface area contributed by atoms with Crippen LogP contribution in [-0.2, 0) is 5.41 Å². The monoisotopic (exact) mass is 1430 g/mol. The Morgan fingerprint density at radius 3 is 1.34 bits per heavy atom. The Balaban J connectivity index is 0.000000130. The molecule has 0 bridgehead atoms. The van der Waals surface area contributed by atoms with Gasteiger partial charge in [0.15, 0.2) is 5.75 Å². The number of hydrogen-bond donors (Lipinski definition) is 0. The molecule has 0 spiro atoms. The van der Waals surface area contributed by atoms with Crippen molar-refractivity contribution >= 4 is 124 Å². The quantitative estimate of drug-likeness (QED) is 0.150. The molecule has 0 atom stereocenters. The molecule has 0 radical (unpaired) electrons. The molecule has 0 fully saturated rings. The summed E-state index contributed by atoms with van der Waals surface area (Å²) >= 11 is 0. The van der Waals surface area contributed by atoms with Crippen molar-refractivity contribution in [2.75, 3.05) is 9.80 Å². The van der Waals surface area contributed by atoms with E-state index in [-0.39, 0.29) is 18.8 Å². The van der Waals surface area contributed by atoms with Crippen molar-refractivity contribution in [2.45, 2.75) is 19.3 Å². The van der Waals surface area contributed by atoms with Crippen LogP contribution in [0.4, 0.5) is 34.3 Å². The maximum Gasteiger partial charge on any atom is 0.270 e. The van der Waals surface area contributed by atoms with Gasteiger partial charge in [0.05, 0.1) is 39.6 Å². The van der Waals surface area contributed by atoms with E-state index in [2.05, 4.69) is 282 Å². The lowest BCUT2D eigenvalue weighted by Crippen LogP contribution is -2.59. The van der Waals surface area contributed by atoms with Crippen LogP contribution in [0.5, 0.6) is 69.1 Å². The number of benzene rings is 14. The van der Waals surface area contributed by atoms with Crippen LogP contribution < -0.4 is 71.0 Å². The molecule has 7 aliphatic heterocycles. The Bertz CT molecular complexity index is 6930. The zero-order valence-electron chi connectivity index (χ0n) is 60.0. The number of anilines is 6. The highest BCUT2D eigenvalue weighted by molar-refractivity contribution is 7.00. The van der Waals surface area contributed by atoms with Gasteiger partial charge in [0.2, 0.25) is 5.88 Å². The molecular weight excluding hydrogens is 1370 g/mol. The van der Waals surface area contributed by atoms with Crippen molar-refractivity contribution in [1.29, 1.82) is 0 Å². The fourth-order valence-corrected chi connectivity index (χ4v) is 18.7. The Hall–Kier alpha value is -14.5. The standard InChI is InChI=1S/C50H32BN3O3.C47H28BN3O3/c1-50(2)34-23-24-37-44(33-16-6-7-18-36(33)53(37)31-13-4-3-5-14-31)48(34)54(49-35(50)17-11-25-52-49)32-15-8-12-29(26-32)30-27-42-47-43(28-30)57-41-22-10-20-39-46(41)51(47)45-38(55-39)19-9-21-40(45)56-42;1-2-14-31(15-3-1)50-36-20-7-4-17-33(36)44-38(50)28-49-47-46(44)51(37-21-8-11-24-41(37)54-47)32-16-12-13-29(25-32)30-26-42-45-43(27-30)53-40-23-10-6-19-35(40)48(45)34-18-5-9-22-39(34)52-42/h3-28H,1-2H3;1-28H. The third-order valence-electron chi connectivity index (χ3n) is 23.5. The number of rotatable bonds is 6. The molecule has 4 aromatic heterocycles. The van der Waals surface area contributed by atoms with Gasteiger partial charge in [-0.2, -0.15) is 0 Å². The van der Waals surface area contributed by atoms with Crippen LogP contribution >= 0.6 is 0 Å². The van der Waals surface area contributed by atoms with Crippen LogP contribution in [0.3, 0.4) is 0 Å². The van der Waals surface area contributed by atoms with Gasteiger partial charge < -0.3 is 42.5 Å². The van der Waals surface area contributed by atoms with Crippen molar-refractivity contribution < 1.29 is 28.4 Å². The molecule has 14 heteroatoms. The van der Waals surface area contributed by atoms with Crippen LogP contribution in [0.2, 0.25) is 0 Å². The first-order chi connectivity index (χ1) is 54.8. The summed E-state index contributed by atoms with van der Waals surface area (Å²) in [4.78, 5) is 14.8. The van der Waals surface area contributed by atoms with Crippen LogP contribution in [-0.4, -0.2) is 32.5 Å². The van der Waals surface area contributed by atoms with E-state index in [1.165, 1.54) is 27.4 Å². The van der Waals surface area contributed by atoms with Gasteiger partial charge in [0.1, 0.15) is 69.0 Å². The van der Waals surface area contributed by atoms with Crippen molar-refractivity contribution in [1.82, 2.24) is 19.1 Å². The highest BCUT2D eigenvalue weighted by Gasteiger charge is 2.48. The lowest BCUT2D eigenvalue weighted by atomic mass is 9.34. The van der Waals surface area contributed by atoms with E-state index in [0.717, 1.165) is 191 Å².